The van der Waals surface area contributed by atoms with Crippen LogP contribution in [0.3, 0.4) is 0 Å². The molecule has 1 aliphatic heterocycles. The number of nitrogens with zero attached hydrogens (tertiary/aromatic N) is 2. The highest BCUT2D eigenvalue weighted by atomic mass is 16.5. The maximum absolute atomic E-state index is 11.3. The van der Waals surface area contributed by atoms with Crippen LogP contribution in [0.1, 0.15) is 0 Å². The summed E-state index contributed by atoms with van der Waals surface area (Å²) in [4.78, 5) is 15.9. The first kappa shape index (κ1) is 14.8. The highest BCUT2D eigenvalue weighted by Gasteiger charge is 2.18. The van der Waals surface area contributed by atoms with E-state index in [1.54, 1.807) is 7.05 Å². The van der Waals surface area contributed by atoms with Crippen molar-refractivity contribution in [2.24, 2.45) is 0 Å². The largest absolute Gasteiger partial charge is 0.492 e. The van der Waals surface area contributed by atoms with E-state index < -0.39 is 0 Å². The molecule has 1 heterocycles. The average Bonchev–Trinajstić information content (AvgIpc) is 2.50. The van der Waals surface area contributed by atoms with Gasteiger partial charge >= 0.3 is 0 Å². The van der Waals surface area contributed by atoms with Gasteiger partial charge in [-0.15, -0.1) is 0 Å². The Balaban J connectivity index is 1.61. The predicted molar refractivity (Wildman–Crippen MR) is 78.9 cm³/mol. The molecule has 1 saturated heterocycles. The van der Waals surface area contributed by atoms with Gasteiger partial charge in [-0.1, -0.05) is 18.2 Å². The van der Waals surface area contributed by atoms with Gasteiger partial charge in [0.25, 0.3) is 0 Å². The molecular weight excluding hydrogens is 254 g/mol. The zero-order chi connectivity index (χ0) is 14.2. The number of carbonyl (C=O) groups excluding carboxylic acids is 1. The Labute approximate surface area is 120 Å². The van der Waals surface area contributed by atoms with E-state index in [1.165, 1.54) is 0 Å². The summed E-state index contributed by atoms with van der Waals surface area (Å²) in [7, 11) is 1.68. The Morgan fingerprint density at radius 1 is 1.15 bits per heavy atom. The van der Waals surface area contributed by atoms with Crippen molar-refractivity contribution in [1.82, 2.24) is 15.1 Å². The minimum Gasteiger partial charge on any atom is -0.492 e. The molecule has 0 saturated carbocycles. The number of likely N-dealkylation sites (N-methyl/N-ethyl adjacent to an activating group) is 1. The number of piperazine rings is 1. The maximum atomic E-state index is 11.3. The zero-order valence-electron chi connectivity index (χ0n) is 12.0. The fraction of sp³-hybridized carbons (Fsp3) is 0.533. The summed E-state index contributed by atoms with van der Waals surface area (Å²) in [6, 6.07) is 9.89. The molecule has 0 atom stereocenters. The van der Waals surface area contributed by atoms with Crippen molar-refractivity contribution in [3.05, 3.63) is 30.3 Å². The molecule has 0 radical (unpaired) electrons. The molecule has 0 bridgehead atoms. The lowest BCUT2D eigenvalue weighted by atomic mass is 10.3. The second-order valence-corrected chi connectivity index (χ2v) is 4.95. The highest BCUT2D eigenvalue weighted by molar-refractivity contribution is 5.77. The summed E-state index contributed by atoms with van der Waals surface area (Å²) in [5, 5.41) is 2.66. The number of hydrogen-bond donors (Lipinski definition) is 1. The van der Waals surface area contributed by atoms with E-state index >= 15 is 0 Å². The minimum atomic E-state index is 0.0888. The van der Waals surface area contributed by atoms with E-state index in [2.05, 4.69) is 15.1 Å². The van der Waals surface area contributed by atoms with E-state index in [-0.39, 0.29) is 5.91 Å². The van der Waals surface area contributed by atoms with Crippen LogP contribution < -0.4 is 10.1 Å². The summed E-state index contributed by atoms with van der Waals surface area (Å²) < 4.78 is 5.70. The number of nitrogens with one attached hydrogen (secondary N) is 1. The lowest BCUT2D eigenvalue weighted by Gasteiger charge is -2.34. The fourth-order valence-electron chi connectivity index (χ4n) is 2.26. The van der Waals surface area contributed by atoms with Crippen LogP contribution >= 0.6 is 0 Å². The van der Waals surface area contributed by atoms with E-state index in [0.29, 0.717) is 13.2 Å². The smallest absolute Gasteiger partial charge is 0.233 e. The van der Waals surface area contributed by atoms with Gasteiger partial charge in [-0.2, -0.15) is 0 Å². The molecule has 110 valence electrons. The number of amides is 1. The third-order valence-corrected chi connectivity index (χ3v) is 3.53. The first-order chi connectivity index (χ1) is 9.78. The van der Waals surface area contributed by atoms with Gasteiger partial charge in [-0.05, 0) is 12.1 Å². The monoisotopic (exact) mass is 277 g/mol. The van der Waals surface area contributed by atoms with Crippen LogP contribution in [0, 0.1) is 0 Å². The lowest BCUT2D eigenvalue weighted by molar-refractivity contribution is -0.122. The molecule has 0 unspecified atom stereocenters. The van der Waals surface area contributed by atoms with Crippen molar-refractivity contribution in [3.63, 3.8) is 0 Å². The van der Waals surface area contributed by atoms with Crippen LogP contribution in [0.25, 0.3) is 0 Å². The molecule has 1 aromatic carbocycles. The van der Waals surface area contributed by atoms with Gasteiger partial charge in [0.15, 0.2) is 0 Å². The van der Waals surface area contributed by atoms with Crippen LogP contribution in [0.4, 0.5) is 0 Å². The van der Waals surface area contributed by atoms with Crippen LogP contribution in [0.5, 0.6) is 5.75 Å². The zero-order valence-corrected chi connectivity index (χ0v) is 12.0. The Hall–Kier alpha value is -1.59. The third kappa shape index (κ3) is 4.83. The number of rotatable bonds is 6. The second kappa shape index (κ2) is 7.87. The van der Waals surface area contributed by atoms with E-state index in [9.17, 15) is 4.79 Å². The Bertz CT molecular complexity index is 403. The van der Waals surface area contributed by atoms with Crippen LogP contribution in [-0.4, -0.2) is 68.6 Å². The fourth-order valence-corrected chi connectivity index (χ4v) is 2.26. The van der Waals surface area contributed by atoms with Crippen molar-refractivity contribution < 1.29 is 9.53 Å². The molecule has 1 fully saturated rings. The van der Waals surface area contributed by atoms with Gasteiger partial charge < -0.3 is 10.1 Å². The minimum absolute atomic E-state index is 0.0888. The molecule has 0 aliphatic carbocycles. The quantitative estimate of drug-likeness (QED) is 0.819. The van der Waals surface area contributed by atoms with Crippen molar-refractivity contribution >= 4 is 5.91 Å². The topological polar surface area (TPSA) is 44.8 Å². The summed E-state index contributed by atoms with van der Waals surface area (Å²) in [5.74, 6) is 1.01. The maximum Gasteiger partial charge on any atom is 0.233 e. The normalized spacial score (nSPS) is 16.9. The van der Waals surface area contributed by atoms with Crippen molar-refractivity contribution in [1.29, 1.82) is 0 Å². The van der Waals surface area contributed by atoms with E-state index in [1.807, 2.05) is 30.3 Å². The van der Waals surface area contributed by atoms with Crippen molar-refractivity contribution in [3.8, 4) is 5.75 Å². The molecule has 20 heavy (non-hydrogen) atoms. The predicted octanol–water partition coefficient (Wildman–Crippen LogP) is 0.429. The standard InChI is InChI=1S/C15H23N3O2/c1-16-15(19)13-18-9-7-17(8-10-18)11-12-20-14-5-3-2-4-6-14/h2-6H,7-13H2,1H3,(H,16,19). The van der Waals surface area contributed by atoms with Gasteiger partial charge in [0.05, 0.1) is 6.54 Å². The van der Waals surface area contributed by atoms with Crippen LogP contribution in [0.2, 0.25) is 0 Å². The molecule has 5 heteroatoms. The van der Waals surface area contributed by atoms with Crippen molar-refractivity contribution in [2.75, 3.05) is 52.9 Å². The molecule has 1 N–H and O–H groups in total. The number of carbonyl (C=O) groups is 1. The van der Waals surface area contributed by atoms with Crippen LogP contribution in [-0.2, 0) is 4.79 Å². The number of para-hydroxylation sites is 1. The molecule has 5 nitrogen and oxygen atoms in total. The van der Waals surface area contributed by atoms with Gasteiger partial charge in [-0.3, -0.25) is 14.6 Å². The number of hydrogen-bond acceptors (Lipinski definition) is 4. The van der Waals surface area contributed by atoms with Gasteiger partial charge in [0.2, 0.25) is 5.91 Å². The Morgan fingerprint density at radius 3 is 2.45 bits per heavy atom. The first-order valence-electron chi connectivity index (χ1n) is 7.11. The highest BCUT2D eigenvalue weighted by Crippen LogP contribution is 2.08. The molecular formula is C15H23N3O2. The lowest BCUT2D eigenvalue weighted by Crippen LogP contribution is -2.49. The van der Waals surface area contributed by atoms with Crippen LogP contribution in [0.15, 0.2) is 30.3 Å². The molecule has 0 aromatic heterocycles. The van der Waals surface area contributed by atoms with E-state index in [0.717, 1.165) is 38.5 Å². The Kier molecular flexibility index (Phi) is 5.83. The number of benzene rings is 1. The summed E-state index contributed by atoms with van der Waals surface area (Å²) in [5.41, 5.74) is 0. The summed E-state index contributed by atoms with van der Waals surface area (Å²) in [6.45, 7) is 6.02. The molecule has 0 spiro atoms. The van der Waals surface area contributed by atoms with Crippen molar-refractivity contribution in [2.45, 2.75) is 0 Å². The Morgan fingerprint density at radius 2 is 1.80 bits per heavy atom. The van der Waals surface area contributed by atoms with Gasteiger partial charge in [0, 0.05) is 39.8 Å². The first-order valence-corrected chi connectivity index (χ1v) is 7.11. The molecule has 1 aromatic rings. The third-order valence-electron chi connectivity index (χ3n) is 3.53. The van der Waals surface area contributed by atoms with Gasteiger partial charge in [-0.25, -0.2) is 0 Å². The van der Waals surface area contributed by atoms with E-state index in [4.69, 9.17) is 4.74 Å². The summed E-state index contributed by atoms with van der Waals surface area (Å²) in [6.07, 6.45) is 0. The SMILES string of the molecule is CNC(=O)CN1CCN(CCOc2ccccc2)CC1. The molecule has 1 amide bonds. The second-order valence-electron chi connectivity index (χ2n) is 4.95. The molecule has 2 rings (SSSR count). The number of ether oxygens (including phenoxy) is 1. The molecule has 1 aliphatic rings. The summed E-state index contributed by atoms with van der Waals surface area (Å²) >= 11 is 0. The average molecular weight is 277 g/mol. The van der Waals surface area contributed by atoms with Gasteiger partial charge in [0.1, 0.15) is 12.4 Å².